The molecule has 0 amide bonds. The van der Waals surface area contributed by atoms with E-state index in [-0.39, 0.29) is 5.78 Å². The molecule has 0 aliphatic rings. The predicted molar refractivity (Wildman–Crippen MR) is 71.8 cm³/mol. The maximum atomic E-state index is 11.1. The number of hydrogen-bond acceptors (Lipinski definition) is 5. The molecule has 0 bridgehead atoms. The first-order valence-corrected chi connectivity index (χ1v) is 6.13. The first kappa shape index (κ1) is 14.2. The lowest BCUT2D eigenvalue weighted by atomic mass is 10.2. The lowest BCUT2D eigenvalue weighted by molar-refractivity contribution is -0.118. The fourth-order valence-corrected chi connectivity index (χ4v) is 2.21. The summed E-state index contributed by atoms with van der Waals surface area (Å²) < 4.78 is 7.03. The van der Waals surface area contributed by atoms with Crippen molar-refractivity contribution < 1.29 is 9.45 Å². The van der Waals surface area contributed by atoms with Crippen molar-refractivity contribution in [1.29, 1.82) is 0 Å². The van der Waals surface area contributed by atoms with Crippen LogP contribution in [0.15, 0.2) is 35.2 Å². The van der Waals surface area contributed by atoms with Crippen molar-refractivity contribution in [3.8, 4) is 0 Å². The van der Waals surface area contributed by atoms with Crippen LogP contribution in [0, 0.1) is 0 Å². The molecule has 0 saturated carbocycles. The molecular formula is C11H17BN2O2S. The van der Waals surface area contributed by atoms with Crippen molar-refractivity contribution >= 4 is 25.3 Å². The third-order valence-electron chi connectivity index (χ3n) is 2.17. The second-order valence-electron chi connectivity index (χ2n) is 3.70. The molecule has 0 fully saturated rings. The first-order valence-electron chi connectivity index (χ1n) is 5.36. The Morgan fingerprint density at radius 3 is 2.71 bits per heavy atom. The molecule has 17 heavy (non-hydrogen) atoms. The quantitative estimate of drug-likeness (QED) is 0.575. The van der Waals surface area contributed by atoms with Crippen molar-refractivity contribution in [3.63, 3.8) is 0 Å². The molecule has 2 N–H and O–H groups in total. The van der Waals surface area contributed by atoms with E-state index in [0.29, 0.717) is 14.2 Å². The van der Waals surface area contributed by atoms with E-state index in [9.17, 15) is 4.79 Å². The van der Waals surface area contributed by atoms with E-state index >= 15 is 0 Å². The summed E-state index contributed by atoms with van der Waals surface area (Å²) in [5.41, 5.74) is 5.74. The molecule has 0 aromatic heterocycles. The van der Waals surface area contributed by atoms with Crippen molar-refractivity contribution in [2.24, 2.45) is 5.73 Å². The van der Waals surface area contributed by atoms with Crippen LogP contribution in [0.3, 0.4) is 0 Å². The number of nitrogens with zero attached hydrogens (tertiary/aromatic N) is 1. The minimum absolute atomic E-state index is 0.0141. The summed E-state index contributed by atoms with van der Waals surface area (Å²) in [6, 6.07) is 9.45. The zero-order chi connectivity index (χ0) is 12.7. The maximum Gasteiger partial charge on any atom is 0.373 e. The summed E-state index contributed by atoms with van der Waals surface area (Å²) in [6.07, 6.45) is 0. The Labute approximate surface area is 107 Å². The smallest absolute Gasteiger partial charge is 0.373 e. The van der Waals surface area contributed by atoms with Gasteiger partial charge in [0.1, 0.15) is 5.78 Å². The van der Waals surface area contributed by atoms with Crippen LogP contribution >= 0.6 is 11.9 Å². The minimum atomic E-state index is -0.471. The van der Waals surface area contributed by atoms with E-state index in [0.717, 1.165) is 4.90 Å². The molecule has 92 valence electrons. The highest BCUT2D eigenvalue weighted by atomic mass is 32.2. The highest BCUT2D eigenvalue weighted by Gasteiger charge is 2.16. The van der Waals surface area contributed by atoms with Gasteiger partial charge in [0.05, 0.1) is 6.04 Å². The molecule has 0 spiro atoms. The molecule has 0 saturated heterocycles. The molecule has 4 nitrogen and oxygen atoms in total. The number of ketones is 1. The van der Waals surface area contributed by atoms with Crippen LogP contribution < -0.4 is 5.73 Å². The third kappa shape index (κ3) is 5.36. The third-order valence-corrected chi connectivity index (χ3v) is 3.17. The van der Waals surface area contributed by atoms with Crippen LogP contribution in [0.4, 0.5) is 0 Å². The summed E-state index contributed by atoms with van der Waals surface area (Å²) in [7, 11) is 2.05. The molecule has 6 heteroatoms. The van der Waals surface area contributed by atoms with Crippen LogP contribution in [-0.2, 0) is 9.45 Å². The van der Waals surface area contributed by atoms with Gasteiger partial charge in [-0.25, -0.2) is 0 Å². The SMILES string of the molecule is COBN(C[C@H](N)C(C)=O)Sc1ccccc1. The van der Waals surface area contributed by atoms with Gasteiger partial charge in [0.2, 0.25) is 0 Å². The van der Waals surface area contributed by atoms with Gasteiger partial charge in [-0.3, -0.25) is 9.01 Å². The van der Waals surface area contributed by atoms with Gasteiger partial charge in [-0.2, -0.15) is 0 Å². The van der Waals surface area contributed by atoms with Gasteiger partial charge in [-0.15, -0.1) is 0 Å². The summed E-state index contributed by atoms with van der Waals surface area (Å²) in [5, 5.41) is 0. The molecule has 0 aliphatic heterocycles. The predicted octanol–water partition coefficient (Wildman–Crippen LogP) is 0.825. The number of rotatable bonds is 7. The van der Waals surface area contributed by atoms with Gasteiger partial charge in [0, 0.05) is 18.6 Å². The van der Waals surface area contributed by atoms with E-state index in [1.807, 2.05) is 34.5 Å². The van der Waals surface area contributed by atoms with Gasteiger partial charge in [-0.1, -0.05) is 30.1 Å². The van der Waals surface area contributed by atoms with E-state index in [1.54, 1.807) is 7.11 Å². The zero-order valence-corrected chi connectivity index (χ0v) is 10.9. The van der Waals surface area contributed by atoms with Crippen molar-refractivity contribution in [2.75, 3.05) is 13.7 Å². The molecule has 1 atom stereocenters. The lowest BCUT2D eigenvalue weighted by Crippen LogP contribution is -2.40. The second-order valence-corrected chi connectivity index (χ2v) is 4.87. The normalized spacial score (nSPS) is 12.5. The minimum Gasteiger partial charge on any atom is -0.426 e. The Bertz CT molecular complexity index is 351. The van der Waals surface area contributed by atoms with Crippen LogP contribution in [0.2, 0.25) is 0 Å². The van der Waals surface area contributed by atoms with Gasteiger partial charge in [-0.05, 0) is 19.1 Å². The van der Waals surface area contributed by atoms with E-state index < -0.39 is 6.04 Å². The Morgan fingerprint density at radius 2 is 2.18 bits per heavy atom. The maximum absolute atomic E-state index is 11.1. The van der Waals surface area contributed by atoms with Crippen molar-refractivity contribution in [2.45, 2.75) is 17.9 Å². The van der Waals surface area contributed by atoms with Gasteiger partial charge in [0.15, 0.2) is 0 Å². The van der Waals surface area contributed by atoms with Crippen LogP contribution in [-0.4, -0.2) is 37.3 Å². The van der Waals surface area contributed by atoms with Crippen molar-refractivity contribution in [3.05, 3.63) is 30.3 Å². The van der Waals surface area contributed by atoms with Gasteiger partial charge < -0.3 is 10.4 Å². The highest BCUT2D eigenvalue weighted by Crippen LogP contribution is 2.21. The number of hydrogen-bond donors (Lipinski definition) is 1. The topological polar surface area (TPSA) is 55.6 Å². The fraction of sp³-hybridized carbons (Fsp3) is 0.364. The Balaban J connectivity index is 2.57. The molecule has 0 aliphatic carbocycles. The summed E-state index contributed by atoms with van der Waals surface area (Å²) in [6.45, 7) is 1.98. The second kappa shape index (κ2) is 7.50. The monoisotopic (exact) mass is 252 g/mol. The van der Waals surface area contributed by atoms with E-state index in [4.69, 9.17) is 10.4 Å². The van der Waals surface area contributed by atoms with Gasteiger partial charge >= 0.3 is 7.62 Å². The van der Waals surface area contributed by atoms with Crippen molar-refractivity contribution in [1.82, 2.24) is 4.22 Å². The van der Waals surface area contributed by atoms with Crippen LogP contribution in [0.5, 0.6) is 0 Å². The number of benzene rings is 1. The average Bonchev–Trinajstić information content (AvgIpc) is 2.30. The lowest BCUT2D eigenvalue weighted by Gasteiger charge is -2.21. The average molecular weight is 252 g/mol. The first-order chi connectivity index (χ1) is 8.13. The van der Waals surface area contributed by atoms with E-state index in [1.165, 1.54) is 18.9 Å². The van der Waals surface area contributed by atoms with Crippen LogP contribution in [0.25, 0.3) is 0 Å². The molecule has 1 aromatic carbocycles. The molecule has 0 heterocycles. The molecule has 0 radical (unpaired) electrons. The number of carbonyl (C=O) groups excluding carboxylic acids is 1. The Morgan fingerprint density at radius 1 is 1.53 bits per heavy atom. The molecule has 1 rings (SSSR count). The molecule has 0 unspecified atom stereocenters. The zero-order valence-electron chi connectivity index (χ0n) is 10.1. The standard InChI is InChI=1S/C11H17BN2O2S/c1-9(15)11(13)8-14(12-16-2)17-10-6-4-3-5-7-10/h3-7,11-12H,8,13H2,1-2H3/t11-/m0/s1. The Kier molecular flexibility index (Phi) is 6.28. The summed E-state index contributed by atoms with van der Waals surface area (Å²) >= 11 is 1.54. The largest absolute Gasteiger partial charge is 0.426 e. The molecular weight excluding hydrogens is 235 g/mol. The Hall–Kier alpha value is -0.815. The number of carbonyl (C=O) groups is 1. The fourth-order valence-electron chi connectivity index (χ4n) is 1.24. The number of nitrogens with two attached hydrogens (primary N) is 1. The summed E-state index contributed by atoms with van der Waals surface area (Å²) in [4.78, 5) is 12.2. The van der Waals surface area contributed by atoms with Crippen LogP contribution in [0.1, 0.15) is 6.92 Å². The summed E-state index contributed by atoms with van der Waals surface area (Å²) in [5.74, 6) is -0.0141. The molecule has 1 aromatic rings. The highest BCUT2D eigenvalue weighted by molar-refractivity contribution is 7.97. The van der Waals surface area contributed by atoms with E-state index in [2.05, 4.69) is 0 Å². The van der Waals surface area contributed by atoms with Gasteiger partial charge in [0.25, 0.3) is 0 Å². The number of Topliss-reactive ketones (excluding diaryl/α,β-unsaturated/α-hetero) is 1.